The lowest BCUT2D eigenvalue weighted by Gasteiger charge is -2.21. The number of hydrogen-bond acceptors (Lipinski definition) is 2. The standard InChI is InChI=1S/C23H21ClN2O2/c1-2-26(21-6-4-3-5-7-21)23(28)18-10-14-20(15-11-18)25-22(27)16-17-8-12-19(24)13-9-17/h3-15H,2,16H2,1H3,(H,25,27). The fraction of sp³-hybridized carbons (Fsp3) is 0.130. The molecule has 0 radical (unpaired) electrons. The summed E-state index contributed by atoms with van der Waals surface area (Å²) in [6.07, 6.45) is 0.259. The van der Waals surface area contributed by atoms with Crippen molar-refractivity contribution in [3.8, 4) is 0 Å². The second-order valence-corrected chi connectivity index (χ2v) is 6.75. The normalized spacial score (nSPS) is 10.4. The van der Waals surface area contributed by atoms with E-state index < -0.39 is 0 Å². The predicted molar refractivity (Wildman–Crippen MR) is 114 cm³/mol. The van der Waals surface area contributed by atoms with E-state index in [2.05, 4.69) is 5.32 Å². The maximum Gasteiger partial charge on any atom is 0.258 e. The zero-order valence-corrected chi connectivity index (χ0v) is 16.3. The Kier molecular flexibility index (Phi) is 6.45. The number of nitrogens with one attached hydrogen (secondary N) is 1. The Morgan fingerprint density at radius 2 is 1.54 bits per heavy atom. The average molecular weight is 393 g/mol. The Bertz CT molecular complexity index is 939. The van der Waals surface area contributed by atoms with Crippen molar-refractivity contribution in [1.29, 1.82) is 0 Å². The molecule has 3 aromatic rings. The van der Waals surface area contributed by atoms with Gasteiger partial charge < -0.3 is 10.2 Å². The smallest absolute Gasteiger partial charge is 0.258 e. The fourth-order valence-corrected chi connectivity index (χ4v) is 3.02. The predicted octanol–water partition coefficient (Wildman–Crippen LogP) is 5.19. The summed E-state index contributed by atoms with van der Waals surface area (Å²) in [7, 11) is 0. The van der Waals surface area contributed by atoms with E-state index in [1.807, 2.05) is 49.4 Å². The third-order valence-electron chi connectivity index (χ3n) is 4.32. The largest absolute Gasteiger partial charge is 0.326 e. The minimum Gasteiger partial charge on any atom is -0.326 e. The molecule has 28 heavy (non-hydrogen) atoms. The van der Waals surface area contributed by atoms with E-state index in [1.54, 1.807) is 41.3 Å². The fourth-order valence-electron chi connectivity index (χ4n) is 2.90. The van der Waals surface area contributed by atoms with Gasteiger partial charge in [-0.25, -0.2) is 0 Å². The molecular formula is C23H21ClN2O2. The molecule has 0 bridgehead atoms. The Morgan fingerprint density at radius 3 is 2.14 bits per heavy atom. The zero-order valence-electron chi connectivity index (χ0n) is 15.6. The molecule has 2 amide bonds. The summed E-state index contributed by atoms with van der Waals surface area (Å²) >= 11 is 5.86. The van der Waals surface area contributed by atoms with Crippen LogP contribution >= 0.6 is 11.6 Å². The Balaban J connectivity index is 1.64. The number of halogens is 1. The number of para-hydroxylation sites is 1. The molecule has 0 aliphatic rings. The topological polar surface area (TPSA) is 49.4 Å². The average Bonchev–Trinajstić information content (AvgIpc) is 2.71. The number of carbonyl (C=O) groups excluding carboxylic acids is 2. The van der Waals surface area contributed by atoms with E-state index in [-0.39, 0.29) is 18.2 Å². The summed E-state index contributed by atoms with van der Waals surface area (Å²) < 4.78 is 0. The van der Waals surface area contributed by atoms with Crippen LogP contribution in [0.15, 0.2) is 78.9 Å². The van der Waals surface area contributed by atoms with Crippen LogP contribution in [-0.2, 0) is 11.2 Å². The van der Waals surface area contributed by atoms with Gasteiger partial charge in [-0.05, 0) is 61.0 Å². The van der Waals surface area contributed by atoms with Crippen molar-refractivity contribution in [2.45, 2.75) is 13.3 Å². The Labute approximate surface area is 169 Å². The third-order valence-corrected chi connectivity index (χ3v) is 4.57. The molecule has 4 nitrogen and oxygen atoms in total. The molecule has 0 aliphatic heterocycles. The van der Waals surface area contributed by atoms with Crippen LogP contribution in [-0.4, -0.2) is 18.4 Å². The molecule has 0 unspecified atom stereocenters. The van der Waals surface area contributed by atoms with E-state index in [4.69, 9.17) is 11.6 Å². The van der Waals surface area contributed by atoms with Gasteiger partial charge in [-0.2, -0.15) is 0 Å². The summed E-state index contributed by atoms with van der Waals surface area (Å²) in [6.45, 7) is 2.51. The minimum absolute atomic E-state index is 0.0762. The number of amides is 2. The summed E-state index contributed by atoms with van der Waals surface area (Å²) in [5.41, 5.74) is 2.96. The van der Waals surface area contributed by atoms with Gasteiger partial charge in [0, 0.05) is 28.5 Å². The number of carbonyl (C=O) groups is 2. The van der Waals surface area contributed by atoms with Crippen molar-refractivity contribution < 1.29 is 9.59 Å². The van der Waals surface area contributed by atoms with Gasteiger partial charge in [0.05, 0.1) is 6.42 Å². The number of rotatable bonds is 6. The van der Waals surface area contributed by atoms with Crippen molar-refractivity contribution in [3.05, 3.63) is 95.0 Å². The minimum atomic E-state index is -0.124. The van der Waals surface area contributed by atoms with E-state index in [1.165, 1.54) is 0 Å². The maximum absolute atomic E-state index is 12.8. The van der Waals surface area contributed by atoms with Gasteiger partial charge in [0.2, 0.25) is 5.91 Å². The highest BCUT2D eigenvalue weighted by Crippen LogP contribution is 2.18. The summed E-state index contributed by atoms with van der Waals surface area (Å²) in [4.78, 5) is 26.7. The quantitative estimate of drug-likeness (QED) is 0.627. The lowest BCUT2D eigenvalue weighted by molar-refractivity contribution is -0.115. The highest BCUT2D eigenvalue weighted by Gasteiger charge is 2.16. The molecule has 0 aromatic heterocycles. The molecule has 0 atom stereocenters. The first-order valence-electron chi connectivity index (χ1n) is 9.08. The van der Waals surface area contributed by atoms with E-state index >= 15 is 0 Å². The van der Waals surface area contributed by atoms with E-state index in [0.717, 1.165) is 11.3 Å². The van der Waals surface area contributed by atoms with Crippen LogP contribution in [0.1, 0.15) is 22.8 Å². The number of anilines is 2. The van der Waals surface area contributed by atoms with Gasteiger partial charge in [-0.15, -0.1) is 0 Å². The van der Waals surface area contributed by atoms with Crippen molar-refractivity contribution in [2.24, 2.45) is 0 Å². The molecule has 1 N–H and O–H groups in total. The maximum atomic E-state index is 12.8. The van der Waals surface area contributed by atoms with Crippen LogP contribution in [0.25, 0.3) is 0 Å². The summed E-state index contributed by atoms with van der Waals surface area (Å²) in [6, 6.07) is 23.7. The first-order chi connectivity index (χ1) is 13.6. The third kappa shape index (κ3) is 4.99. The van der Waals surface area contributed by atoms with Crippen LogP contribution in [0, 0.1) is 0 Å². The molecule has 0 heterocycles. The molecule has 0 spiro atoms. The van der Waals surface area contributed by atoms with Crippen LogP contribution < -0.4 is 10.2 Å². The highest BCUT2D eigenvalue weighted by atomic mass is 35.5. The first kappa shape index (κ1) is 19.6. The lowest BCUT2D eigenvalue weighted by Crippen LogP contribution is -2.30. The van der Waals surface area contributed by atoms with Crippen LogP contribution in [0.4, 0.5) is 11.4 Å². The lowest BCUT2D eigenvalue weighted by atomic mass is 10.1. The van der Waals surface area contributed by atoms with Crippen molar-refractivity contribution >= 4 is 34.8 Å². The molecular weight excluding hydrogens is 372 g/mol. The van der Waals surface area contributed by atoms with Crippen molar-refractivity contribution in [3.63, 3.8) is 0 Å². The van der Waals surface area contributed by atoms with Crippen molar-refractivity contribution in [1.82, 2.24) is 0 Å². The number of benzene rings is 3. The first-order valence-corrected chi connectivity index (χ1v) is 9.46. The molecule has 5 heteroatoms. The van der Waals surface area contributed by atoms with Crippen LogP contribution in [0.3, 0.4) is 0 Å². The SMILES string of the molecule is CCN(C(=O)c1ccc(NC(=O)Cc2ccc(Cl)cc2)cc1)c1ccccc1. The summed E-state index contributed by atoms with van der Waals surface area (Å²) in [5, 5.41) is 3.49. The summed E-state index contributed by atoms with van der Waals surface area (Å²) in [5.74, 6) is -0.200. The molecule has 0 saturated carbocycles. The van der Waals surface area contributed by atoms with E-state index in [9.17, 15) is 9.59 Å². The molecule has 0 aliphatic carbocycles. The molecule has 0 saturated heterocycles. The molecule has 142 valence electrons. The Morgan fingerprint density at radius 1 is 0.893 bits per heavy atom. The van der Waals surface area contributed by atoms with Gasteiger partial charge in [-0.3, -0.25) is 9.59 Å². The van der Waals surface area contributed by atoms with Crippen LogP contribution in [0.2, 0.25) is 5.02 Å². The monoisotopic (exact) mass is 392 g/mol. The second kappa shape index (κ2) is 9.20. The van der Waals surface area contributed by atoms with Gasteiger partial charge in [-0.1, -0.05) is 41.9 Å². The zero-order chi connectivity index (χ0) is 19.9. The number of hydrogen-bond donors (Lipinski definition) is 1. The second-order valence-electron chi connectivity index (χ2n) is 6.31. The van der Waals surface area contributed by atoms with Gasteiger partial charge in [0.1, 0.15) is 0 Å². The van der Waals surface area contributed by atoms with Gasteiger partial charge in [0.25, 0.3) is 5.91 Å². The molecule has 0 fully saturated rings. The Hall–Kier alpha value is -3.11. The highest BCUT2D eigenvalue weighted by molar-refractivity contribution is 6.30. The van der Waals surface area contributed by atoms with Crippen LogP contribution in [0.5, 0.6) is 0 Å². The van der Waals surface area contributed by atoms with Gasteiger partial charge in [0.15, 0.2) is 0 Å². The molecule has 3 aromatic carbocycles. The van der Waals surface area contributed by atoms with Crippen molar-refractivity contribution in [2.75, 3.05) is 16.8 Å². The number of nitrogens with zero attached hydrogens (tertiary/aromatic N) is 1. The molecule has 3 rings (SSSR count). The van der Waals surface area contributed by atoms with E-state index in [0.29, 0.717) is 22.8 Å². The van der Waals surface area contributed by atoms with Gasteiger partial charge >= 0.3 is 0 Å².